The van der Waals surface area contributed by atoms with Gasteiger partial charge in [0.15, 0.2) is 6.29 Å². The van der Waals surface area contributed by atoms with Gasteiger partial charge >= 0.3 is 6.09 Å². The second-order valence-electron chi connectivity index (χ2n) is 8.59. The van der Waals surface area contributed by atoms with Gasteiger partial charge in [0.05, 0.1) is 31.3 Å². The van der Waals surface area contributed by atoms with E-state index in [2.05, 4.69) is 24.1 Å². The molecule has 5 atom stereocenters. The molecule has 0 bridgehead atoms. The van der Waals surface area contributed by atoms with Gasteiger partial charge in [-0.15, -0.1) is 0 Å². The number of aliphatic hydroxyl groups is 1. The summed E-state index contributed by atoms with van der Waals surface area (Å²) in [6.45, 7) is 6.62. The first-order valence-electron chi connectivity index (χ1n) is 10.5. The van der Waals surface area contributed by atoms with Crippen molar-refractivity contribution in [3.05, 3.63) is 35.9 Å². The Morgan fingerprint density at radius 3 is 2.76 bits per heavy atom. The van der Waals surface area contributed by atoms with Gasteiger partial charge in [0, 0.05) is 13.1 Å². The lowest BCUT2D eigenvalue weighted by Crippen LogP contribution is -2.50. The minimum atomic E-state index is -0.714. The van der Waals surface area contributed by atoms with Crippen molar-refractivity contribution >= 4 is 6.09 Å². The van der Waals surface area contributed by atoms with E-state index in [0.29, 0.717) is 32.1 Å². The Bertz CT molecular complexity index is 641. The van der Waals surface area contributed by atoms with E-state index in [-0.39, 0.29) is 18.3 Å². The molecule has 2 saturated heterocycles. The van der Waals surface area contributed by atoms with Crippen LogP contribution in [0.15, 0.2) is 30.3 Å². The van der Waals surface area contributed by atoms with E-state index in [1.54, 1.807) is 0 Å². The van der Waals surface area contributed by atoms with Crippen LogP contribution in [0.4, 0.5) is 4.79 Å². The third-order valence-electron chi connectivity index (χ3n) is 5.49. The van der Waals surface area contributed by atoms with E-state index in [0.717, 1.165) is 18.5 Å². The fourth-order valence-corrected chi connectivity index (χ4v) is 4.17. The molecule has 162 valence electrons. The molecule has 0 aliphatic carbocycles. The molecule has 0 spiro atoms. The predicted octanol–water partition coefficient (Wildman–Crippen LogP) is 2.03. The van der Waals surface area contributed by atoms with Crippen LogP contribution >= 0.6 is 0 Å². The topological polar surface area (TPSA) is 80.3 Å². The van der Waals surface area contributed by atoms with E-state index in [1.165, 1.54) is 0 Å². The predicted molar refractivity (Wildman–Crippen MR) is 109 cm³/mol. The summed E-state index contributed by atoms with van der Waals surface area (Å²) in [6, 6.07) is 9.41. The number of nitrogens with one attached hydrogen (secondary N) is 1. The maximum absolute atomic E-state index is 12.6. The standard InChI is InChI=1S/C22H34N2O5/c1-15(2)12-24(3)13-19(25)18(11-16-7-5-4-6-8-16)23-22(26)29-20-14-28-21-17(20)9-10-27-21/h4-8,15,17-21,25H,9-14H2,1-3H3,(H,23,26)/t17?,18-,19+,20-,21?/m0/s1. The maximum atomic E-state index is 12.6. The van der Waals surface area contributed by atoms with Gasteiger partial charge < -0.3 is 29.5 Å². The summed E-state index contributed by atoms with van der Waals surface area (Å²) in [5.74, 6) is 0.595. The van der Waals surface area contributed by atoms with Crippen LogP contribution in [-0.2, 0) is 20.6 Å². The Morgan fingerprint density at radius 2 is 2.03 bits per heavy atom. The number of benzene rings is 1. The molecule has 2 fully saturated rings. The largest absolute Gasteiger partial charge is 0.443 e. The number of likely N-dealkylation sites (N-methyl/N-ethyl adjacent to an activating group) is 1. The highest BCUT2D eigenvalue weighted by atomic mass is 16.7. The van der Waals surface area contributed by atoms with E-state index in [9.17, 15) is 9.90 Å². The highest BCUT2D eigenvalue weighted by Crippen LogP contribution is 2.33. The molecule has 0 aromatic heterocycles. The molecule has 2 heterocycles. The monoisotopic (exact) mass is 406 g/mol. The molecular weight excluding hydrogens is 372 g/mol. The number of aliphatic hydroxyl groups excluding tert-OH is 1. The molecule has 1 amide bonds. The number of alkyl carbamates (subject to hydrolysis) is 1. The summed E-state index contributed by atoms with van der Waals surface area (Å²) in [4.78, 5) is 14.7. The normalized spacial score (nSPS) is 25.8. The maximum Gasteiger partial charge on any atom is 0.407 e. The van der Waals surface area contributed by atoms with Gasteiger partial charge in [0.1, 0.15) is 6.10 Å². The lowest BCUT2D eigenvalue weighted by Gasteiger charge is -2.29. The first-order chi connectivity index (χ1) is 13.9. The van der Waals surface area contributed by atoms with Crippen molar-refractivity contribution in [2.75, 3.05) is 33.4 Å². The minimum absolute atomic E-state index is 0.0930. The van der Waals surface area contributed by atoms with Gasteiger partial charge in [-0.2, -0.15) is 0 Å². The summed E-state index contributed by atoms with van der Waals surface area (Å²) in [5, 5.41) is 13.8. The molecule has 0 saturated carbocycles. The van der Waals surface area contributed by atoms with Crippen molar-refractivity contribution < 1.29 is 24.1 Å². The number of ether oxygens (including phenoxy) is 3. The molecule has 3 rings (SSSR count). The van der Waals surface area contributed by atoms with Crippen molar-refractivity contribution in [3.63, 3.8) is 0 Å². The summed E-state index contributed by atoms with van der Waals surface area (Å²) < 4.78 is 16.7. The van der Waals surface area contributed by atoms with Crippen molar-refractivity contribution in [2.24, 2.45) is 11.8 Å². The van der Waals surface area contributed by atoms with Crippen LogP contribution in [0.5, 0.6) is 0 Å². The highest BCUT2D eigenvalue weighted by Gasteiger charge is 2.44. The van der Waals surface area contributed by atoms with E-state index in [4.69, 9.17) is 14.2 Å². The van der Waals surface area contributed by atoms with Crippen LogP contribution in [0.1, 0.15) is 25.8 Å². The van der Waals surface area contributed by atoms with Crippen LogP contribution in [0, 0.1) is 11.8 Å². The molecule has 2 aliphatic rings. The van der Waals surface area contributed by atoms with Crippen molar-refractivity contribution in [1.82, 2.24) is 10.2 Å². The third kappa shape index (κ3) is 6.40. The molecule has 7 heteroatoms. The molecule has 1 aromatic carbocycles. The summed E-state index contributed by atoms with van der Waals surface area (Å²) in [5.41, 5.74) is 1.05. The van der Waals surface area contributed by atoms with Gasteiger partial charge in [-0.25, -0.2) is 4.79 Å². The van der Waals surface area contributed by atoms with Crippen LogP contribution in [0.3, 0.4) is 0 Å². The Kier molecular flexibility index (Phi) is 7.89. The molecule has 0 radical (unpaired) electrons. The molecular formula is C22H34N2O5. The molecule has 2 aliphatic heterocycles. The average Bonchev–Trinajstić information content (AvgIpc) is 3.26. The van der Waals surface area contributed by atoms with Gasteiger partial charge in [-0.05, 0) is 31.4 Å². The van der Waals surface area contributed by atoms with Crippen LogP contribution < -0.4 is 5.32 Å². The zero-order valence-corrected chi connectivity index (χ0v) is 17.6. The van der Waals surface area contributed by atoms with Gasteiger partial charge in [0.25, 0.3) is 0 Å². The average molecular weight is 407 g/mol. The van der Waals surface area contributed by atoms with Crippen LogP contribution in [0.2, 0.25) is 0 Å². The Morgan fingerprint density at radius 1 is 1.28 bits per heavy atom. The number of rotatable bonds is 9. The number of carbonyl (C=O) groups is 1. The summed E-state index contributed by atoms with van der Waals surface area (Å²) in [6.07, 6.45) is -0.433. The number of amides is 1. The number of carbonyl (C=O) groups excluding carboxylic acids is 1. The number of fused-ring (bicyclic) bond motifs is 1. The van der Waals surface area contributed by atoms with Crippen LogP contribution in [0.25, 0.3) is 0 Å². The second kappa shape index (κ2) is 10.4. The quantitative estimate of drug-likeness (QED) is 0.653. The lowest BCUT2D eigenvalue weighted by molar-refractivity contribution is -0.0907. The smallest absolute Gasteiger partial charge is 0.407 e. The SMILES string of the molecule is CC(C)CN(C)C[C@@H](O)[C@H](Cc1ccccc1)NC(=O)O[C@H]1COC2OCCC21. The molecule has 2 N–H and O–H groups in total. The second-order valence-corrected chi connectivity index (χ2v) is 8.59. The van der Waals surface area contributed by atoms with Gasteiger partial charge in [0.2, 0.25) is 0 Å². The third-order valence-corrected chi connectivity index (χ3v) is 5.49. The molecule has 29 heavy (non-hydrogen) atoms. The fourth-order valence-electron chi connectivity index (χ4n) is 4.17. The fraction of sp³-hybridized carbons (Fsp3) is 0.682. The van der Waals surface area contributed by atoms with Gasteiger partial charge in [-0.1, -0.05) is 44.2 Å². The number of hydrogen-bond acceptors (Lipinski definition) is 6. The zero-order chi connectivity index (χ0) is 20.8. The lowest BCUT2D eigenvalue weighted by atomic mass is 10.0. The number of nitrogens with zero attached hydrogens (tertiary/aromatic N) is 1. The summed E-state index contributed by atoms with van der Waals surface area (Å²) in [7, 11) is 1.98. The molecule has 7 nitrogen and oxygen atoms in total. The van der Waals surface area contributed by atoms with E-state index in [1.807, 2.05) is 37.4 Å². The zero-order valence-electron chi connectivity index (χ0n) is 17.6. The highest BCUT2D eigenvalue weighted by molar-refractivity contribution is 5.68. The van der Waals surface area contributed by atoms with Crippen molar-refractivity contribution in [2.45, 2.75) is 51.2 Å². The number of hydrogen-bond donors (Lipinski definition) is 2. The van der Waals surface area contributed by atoms with E-state index >= 15 is 0 Å². The Labute approximate surface area is 173 Å². The van der Waals surface area contributed by atoms with Gasteiger partial charge in [-0.3, -0.25) is 0 Å². The Balaban J connectivity index is 1.59. The molecule has 1 aromatic rings. The van der Waals surface area contributed by atoms with Crippen molar-refractivity contribution in [1.29, 1.82) is 0 Å². The first-order valence-corrected chi connectivity index (χ1v) is 10.5. The first kappa shape index (κ1) is 22.0. The van der Waals surface area contributed by atoms with Crippen LogP contribution in [-0.4, -0.2) is 74.0 Å². The van der Waals surface area contributed by atoms with E-state index < -0.39 is 18.2 Å². The molecule has 2 unspecified atom stereocenters. The minimum Gasteiger partial charge on any atom is -0.443 e. The summed E-state index contributed by atoms with van der Waals surface area (Å²) >= 11 is 0. The Hall–Kier alpha value is -1.67. The van der Waals surface area contributed by atoms with Crippen molar-refractivity contribution in [3.8, 4) is 0 Å².